The molecule has 0 aromatic heterocycles. The zero-order valence-corrected chi connectivity index (χ0v) is 11.0. The van der Waals surface area contributed by atoms with Gasteiger partial charge < -0.3 is 15.2 Å². The van der Waals surface area contributed by atoms with Crippen LogP contribution < -0.4 is 5.32 Å². The molecule has 5 heteroatoms. The molecule has 1 fully saturated rings. The summed E-state index contributed by atoms with van der Waals surface area (Å²) in [6.07, 6.45) is 0. The van der Waals surface area contributed by atoms with E-state index < -0.39 is 17.3 Å². The zero-order chi connectivity index (χ0) is 14.0. The van der Waals surface area contributed by atoms with E-state index in [1.165, 1.54) is 0 Å². The summed E-state index contributed by atoms with van der Waals surface area (Å²) in [4.78, 5) is 23.1. The first-order valence-corrected chi connectivity index (χ1v) is 6.18. The van der Waals surface area contributed by atoms with Crippen LogP contribution in [0.2, 0.25) is 0 Å². The summed E-state index contributed by atoms with van der Waals surface area (Å²) in [5.74, 6) is -1.26. The molecule has 5 nitrogen and oxygen atoms in total. The van der Waals surface area contributed by atoms with E-state index in [0.717, 1.165) is 5.56 Å². The Morgan fingerprint density at radius 2 is 1.84 bits per heavy atom. The fourth-order valence-corrected chi connectivity index (χ4v) is 1.86. The van der Waals surface area contributed by atoms with Crippen molar-refractivity contribution < 1.29 is 19.4 Å². The van der Waals surface area contributed by atoms with Crippen LogP contribution in [-0.2, 0) is 14.3 Å². The fourth-order valence-electron chi connectivity index (χ4n) is 1.86. The van der Waals surface area contributed by atoms with Gasteiger partial charge in [-0.25, -0.2) is 0 Å². The van der Waals surface area contributed by atoms with Crippen LogP contribution in [0.5, 0.6) is 0 Å². The normalized spacial score (nSPS) is 16.8. The highest BCUT2D eigenvalue weighted by Gasteiger charge is 2.53. The van der Waals surface area contributed by atoms with Crippen LogP contribution in [0.3, 0.4) is 0 Å². The van der Waals surface area contributed by atoms with Crippen molar-refractivity contribution in [2.24, 2.45) is 5.41 Å². The van der Waals surface area contributed by atoms with E-state index in [0.29, 0.717) is 11.6 Å². The number of anilines is 1. The highest BCUT2D eigenvalue weighted by molar-refractivity contribution is 6.09. The Kier molecular flexibility index (Phi) is 3.57. The molecule has 102 valence electrons. The van der Waals surface area contributed by atoms with Crippen LogP contribution in [-0.4, -0.2) is 30.2 Å². The highest BCUT2D eigenvalue weighted by Crippen LogP contribution is 2.29. The molecule has 2 N–H and O–H groups in total. The molecule has 19 heavy (non-hydrogen) atoms. The van der Waals surface area contributed by atoms with E-state index in [2.05, 4.69) is 19.2 Å². The Hall–Kier alpha value is -1.88. The third kappa shape index (κ3) is 2.46. The molecule has 0 saturated carbocycles. The molecule has 1 aromatic rings. The number of ether oxygens (including phenoxy) is 1. The van der Waals surface area contributed by atoms with Crippen molar-refractivity contribution in [2.75, 3.05) is 18.5 Å². The Labute approximate surface area is 111 Å². The molecule has 0 spiro atoms. The quantitative estimate of drug-likeness (QED) is 0.813. The van der Waals surface area contributed by atoms with Crippen molar-refractivity contribution in [2.45, 2.75) is 19.8 Å². The average Bonchev–Trinajstić information content (AvgIpc) is 2.27. The van der Waals surface area contributed by atoms with E-state index in [1.807, 2.05) is 12.1 Å². The number of hydrogen-bond acceptors (Lipinski definition) is 3. The van der Waals surface area contributed by atoms with Gasteiger partial charge in [0.15, 0.2) is 5.41 Å². The molecular weight excluding hydrogens is 246 g/mol. The van der Waals surface area contributed by atoms with Crippen LogP contribution in [0.1, 0.15) is 25.3 Å². The van der Waals surface area contributed by atoms with Crippen molar-refractivity contribution in [1.82, 2.24) is 0 Å². The molecule has 0 radical (unpaired) electrons. The molecule has 0 aliphatic carbocycles. The second-order valence-electron chi connectivity index (χ2n) is 5.11. The maximum Gasteiger partial charge on any atom is 0.324 e. The third-order valence-corrected chi connectivity index (χ3v) is 3.38. The number of nitrogens with one attached hydrogen (secondary N) is 1. The van der Waals surface area contributed by atoms with Gasteiger partial charge in [-0.3, -0.25) is 9.59 Å². The lowest BCUT2D eigenvalue weighted by Gasteiger charge is -2.35. The molecular formula is C14H17NO4. The number of carboxylic acid groups (broad SMARTS) is 1. The first kappa shape index (κ1) is 13.5. The third-order valence-electron chi connectivity index (χ3n) is 3.38. The molecule has 1 amide bonds. The van der Waals surface area contributed by atoms with Gasteiger partial charge in [-0.05, 0) is 23.6 Å². The standard InChI is InChI=1S/C14H17NO4/c1-9(2)10-3-5-11(6-4-10)15-12(16)14(13(17)18)7-19-8-14/h3-6,9H,7-8H2,1-2H3,(H,15,16)(H,17,18). The lowest BCUT2D eigenvalue weighted by atomic mass is 9.85. The minimum absolute atomic E-state index is 0.0712. The maximum atomic E-state index is 12.0. The lowest BCUT2D eigenvalue weighted by Crippen LogP contribution is -2.57. The van der Waals surface area contributed by atoms with Gasteiger partial charge in [0.1, 0.15) is 0 Å². The summed E-state index contributed by atoms with van der Waals surface area (Å²) in [5, 5.41) is 11.7. The van der Waals surface area contributed by atoms with Gasteiger partial charge in [0, 0.05) is 5.69 Å². The number of carbonyl (C=O) groups excluding carboxylic acids is 1. The second kappa shape index (κ2) is 5.01. The summed E-state index contributed by atoms with van der Waals surface area (Å²) >= 11 is 0. The molecule has 1 saturated heterocycles. The molecule has 0 atom stereocenters. The van der Waals surface area contributed by atoms with Gasteiger partial charge >= 0.3 is 5.97 Å². The number of benzene rings is 1. The van der Waals surface area contributed by atoms with Crippen LogP contribution in [0.15, 0.2) is 24.3 Å². The number of hydrogen-bond donors (Lipinski definition) is 2. The Bertz CT molecular complexity index is 489. The Morgan fingerprint density at radius 3 is 2.21 bits per heavy atom. The summed E-state index contributed by atoms with van der Waals surface area (Å²) in [6.45, 7) is 4.02. The number of carboxylic acids is 1. The maximum absolute atomic E-state index is 12.0. The van der Waals surface area contributed by atoms with Crippen molar-refractivity contribution >= 4 is 17.6 Å². The lowest BCUT2D eigenvalue weighted by molar-refractivity contribution is -0.182. The van der Waals surface area contributed by atoms with Crippen LogP contribution in [0.25, 0.3) is 0 Å². The smallest absolute Gasteiger partial charge is 0.324 e. The van der Waals surface area contributed by atoms with E-state index in [-0.39, 0.29) is 13.2 Å². The highest BCUT2D eigenvalue weighted by atomic mass is 16.5. The van der Waals surface area contributed by atoms with Gasteiger partial charge in [-0.2, -0.15) is 0 Å². The SMILES string of the molecule is CC(C)c1ccc(NC(=O)C2(C(=O)O)COC2)cc1. The predicted octanol–water partition coefficient (Wildman–Crippen LogP) is 1.85. The summed E-state index contributed by atoms with van der Waals surface area (Å²) < 4.78 is 4.87. The van der Waals surface area contributed by atoms with E-state index in [4.69, 9.17) is 9.84 Å². The fraction of sp³-hybridized carbons (Fsp3) is 0.429. The Balaban J connectivity index is 2.08. The monoisotopic (exact) mass is 263 g/mol. The second-order valence-corrected chi connectivity index (χ2v) is 5.11. The molecule has 1 aromatic carbocycles. The number of rotatable bonds is 4. The van der Waals surface area contributed by atoms with Gasteiger partial charge in [0.2, 0.25) is 5.91 Å². The van der Waals surface area contributed by atoms with Crippen LogP contribution in [0, 0.1) is 5.41 Å². The number of carbonyl (C=O) groups is 2. The summed E-state index contributed by atoms with van der Waals surface area (Å²) in [7, 11) is 0. The molecule has 1 aliphatic heterocycles. The summed E-state index contributed by atoms with van der Waals surface area (Å²) in [6, 6.07) is 7.40. The van der Waals surface area contributed by atoms with E-state index in [9.17, 15) is 9.59 Å². The topological polar surface area (TPSA) is 75.6 Å². The van der Waals surface area contributed by atoms with E-state index >= 15 is 0 Å². The van der Waals surface area contributed by atoms with Gasteiger partial charge in [0.05, 0.1) is 13.2 Å². The first-order chi connectivity index (χ1) is 8.95. The van der Waals surface area contributed by atoms with E-state index in [1.54, 1.807) is 12.1 Å². The van der Waals surface area contributed by atoms with Gasteiger partial charge in [-0.1, -0.05) is 26.0 Å². The van der Waals surface area contributed by atoms with Crippen molar-refractivity contribution in [3.63, 3.8) is 0 Å². The molecule has 1 aliphatic rings. The number of amides is 1. The Morgan fingerprint density at radius 1 is 1.26 bits per heavy atom. The van der Waals surface area contributed by atoms with Crippen LogP contribution >= 0.6 is 0 Å². The first-order valence-electron chi connectivity index (χ1n) is 6.18. The minimum atomic E-state index is -1.43. The van der Waals surface area contributed by atoms with Crippen LogP contribution in [0.4, 0.5) is 5.69 Å². The molecule has 1 heterocycles. The van der Waals surface area contributed by atoms with Gasteiger partial charge in [0.25, 0.3) is 0 Å². The van der Waals surface area contributed by atoms with Gasteiger partial charge in [-0.15, -0.1) is 0 Å². The largest absolute Gasteiger partial charge is 0.480 e. The summed E-state index contributed by atoms with van der Waals surface area (Å²) in [5.41, 5.74) is 0.330. The molecule has 2 rings (SSSR count). The number of aliphatic carboxylic acids is 1. The molecule has 0 unspecified atom stereocenters. The van der Waals surface area contributed by atoms with Crippen molar-refractivity contribution in [1.29, 1.82) is 0 Å². The van der Waals surface area contributed by atoms with Crippen molar-refractivity contribution in [3.05, 3.63) is 29.8 Å². The zero-order valence-electron chi connectivity index (χ0n) is 11.0. The predicted molar refractivity (Wildman–Crippen MR) is 70.0 cm³/mol. The molecule has 0 bridgehead atoms. The minimum Gasteiger partial charge on any atom is -0.480 e. The van der Waals surface area contributed by atoms with Crippen molar-refractivity contribution in [3.8, 4) is 0 Å². The average molecular weight is 263 g/mol.